The standard InChI is InChI=1S/C11H9N3O3/c15-12-8-11-5-2-6-13(11)9-3-1-4-10(7-9)14(16)17/h1-7H,8H2. The summed E-state index contributed by atoms with van der Waals surface area (Å²) < 4.78 is 1.70. The van der Waals surface area contributed by atoms with Gasteiger partial charge in [0.25, 0.3) is 5.69 Å². The van der Waals surface area contributed by atoms with Crippen molar-refractivity contribution in [3.8, 4) is 5.69 Å². The van der Waals surface area contributed by atoms with Gasteiger partial charge in [0.15, 0.2) is 0 Å². The molecule has 0 spiro atoms. The number of benzene rings is 1. The van der Waals surface area contributed by atoms with Crippen LogP contribution in [-0.4, -0.2) is 9.49 Å². The topological polar surface area (TPSA) is 77.5 Å². The zero-order valence-electron chi connectivity index (χ0n) is 8.81. The van der Waals surface area contributed by atoms with Gasteiger partial charge in [0, 0.05) is 24.0 Å². The van der Waals surface area contributed by atoms with Crippen molar-refractivity contribution in [2.45, 2.75) is 6.54 Å². The summed E-state index contributed by atoms with van der Waals surface area (Å²) in [4.78, 5) is 20.5. The summed E-state index contributed by atoms with van der Waals surface area (Å²) in [5, 5.41) is 13.5. The molecule has 86 valence electrons. The Hall–Kier alpha value is -2.50. The van der Waals surface area contributed by atoms with Gasteiger partial charge in [-0.25, -0.2) is 0 Å². The van der Waals surface area contributed by atoms with Gasteiger partial charge in [0.05, 0.1) is 10.6 Å². The summed E-state index contributed by atoms with van der Waals surface area (Å²) in [5.41, 5.74) is 1.35. The van der Waals surface area contributed by atoms with Gasteiger partial charge >= 0.3 is 0 Å². The average Bonchev–Trinajstić information content (AvgIpc) is 2.78. The second-order valence-electron chi connectivity index (χ2n) is 3.43. The summed E-state index contributed by atoms with van der Waals surface area (Å²) in [5.74, 6) is 0. The maximum atomic E-state index is 10.7. The van der Waals surface area contributed by atoms with Gasteiger partial charge in [0.2, 0.25) is 0 Å². The van der Waals surface area contributed by atoms with Crippen molar-refractivity contribution in [3.05, 3.63) is 63.3 Å². The predicted molar refractivity (Wildman–Crippen MR) is 61.9 cm³/mol. The van der Waals surface area contributed by atoms with E-state index in [2.05, 4.69) is 5.18 Å². The number of aromatic nitrogens is 1. The van der Waals surface area contributed by atoms with E-state index in [9.17, 15) is 15.0 Å². The summed E-state index contributed by atoms with van der Waals surface area (Å²) in [7, 11) is 0. The van der Waals surface area contributed by atoms with Gasteiger partial charge in [-0.05, 0) is 18.2 Å². The van der Waals surface area contributed by atoms with Gasteiger partial charge < -0.3 is 4.57 Å². The van der Waals surface area contributed by atoms with E-state index >= 15 is 0 Å². The molecule has 2 aromatic rings. The summed E-state index contributed by atoms with van der Waals surface area (Å²) in [6.07, 6.45) is 1.74. The second-order valence-corrected chi connectivity index (χ2v) is 3.43. The van der Waals surface area contributed by atoms with E-state index in [0.29, 0.717) is 11.4 Å². The Morgan fingerprint density at radius 2 is 2.12 bits per heavy atom. The Labute approximate surface area is 96.6 Å². The largest absolute Gasteiger partial charge is 0.319 e. The summed E-state index contributed by atoms with van der Waals surface area (Å²) >= 11 is 0. The van der Waals surface area contributed by atoms with Crippen molar-refractivity contribution in [2.75, 3.05) is 0 Å². The second kappa shape index (κ2) is 4.56. The third-order valence-electron chi connectivity index (χ3n) is 2.38. The van der Waals surface area contributed by atoms with E-state index in [1.807, 2.05) is 0 Å². The van der Waals surface area contributed by atoms with Crippen LogP contribution in [0.15, 0.2) is 47.8 Å². The van der Waals surface area contributed by atoms with E-state index in [1.165, 1.54) is 12.1 Å². The smallest absolute Gasteiger partial charge is 0.271 e. The molecular formula is C11H9N3O3. The highest BCUT2D eigenvalue weighted by Gasteiger charge is 2.08. The van der Waals surface area contributed by atoms with Crippen LogP contribution in [0.25, 0.3) is 5.69 Å². The number of hydrogen-bond donors (Lipinski definition) is 0. The molecule has 1 heterocycles. The molecule has 0 unspecified atom stereocenters. The van der Waals surface area contributed by atoms with Crippen LogP contribution in [0.2, 0.25) is 0 Å². The van der Waals surface area contributed by atoms with Crippen molar-refractivity contribution in [2.24, 2.45) is 5.18 Å². The number of nitrogens with zero attached hydrogens (tertiary/aromatic N) is 3. The van der Waals surface area contributed by atoms with Gasteiger partial charge in [-0.1, -0.05) is 11.2 Å². The minimum Gasteiger partial charge on any atom is -0.319 e. The Balaban J connectivity index is 2.45. The Morgan fingerprint density at radius 1 is 1.29 bits per heavy atom. The van der Waals surface area contributed by atoms with Gasteiger partial charge in [-0.2, -0.15) is 4.91 Å². The fourth-order valence-electron chi connectivity index (χ4n) is 1.62. The van der Waals surface area contributed by atoms with E-state index < -0.39 is 4.92 Å². The Bertz CT molecular complexity index is 563. The van der Waals surface area contributed by atoms with Crippen LogP contribution in [0, 0.1) is 15.0 Å². The van der Waals surface area contributed by atoms with Crippen molar-refractivity contribution < 1.29 is 4.92 Å². The van der Waals surface area contributed by atoms with Crippen LogP contribution in [0.5, 0.6) is 0 Å². The molecule has 0 aliphatic carbocycles. The van der Waals surface area contributed by atoms with Crippen LogP contribution in [-0.2, 0) is 6.54 Å². The van der Waals surface area contributed by atoms with Crippen molar-refractivity contribution in [1.82, 2.24) is 4.57 Å². The molecule has 6 heteroatoms. The lowest BCUT2D eigenvalue weighted by Crippen LogP contribution is -1.98. The first-order valence-corrected chi connectivity index (χ1v) is 4.92. The maximum Gasteiger partial charge on any atom is 0.271 e. The average molecular weight is 231 g/mol. The van der Waals surface area contributed by atoms with Gasteiger partial charge in [0.1, 0.15) is 6.54 Å². The number of rotatable bonds is 4. The molecule has 1 aromatic carbocycles. The lowest BCUT2D eigenvalue weighted by Gasteiger charge is -2.06. The van der Waals surface area contributed by atoms with Gasteiger partial charge in [-0.3, -0.25) is 10.1 Å². The van der Waals surface area contributed by atoms with E-state index in [-0.39, 0.29) is 12.2 Å². The molecule has 0 fully saturated rings. The maximum absolute atomic E-state index is 10.7. The molecule has 0 amide bonds. The van der Waals surface area contributed by atoms with E-state index in [0.717, 1.165) is 0 Å². The zero-order chi connectivity index (χ0) is 12.3. The fraction of sp³-hybridized carbons (Fsp3) is 0.0909. The van der Waals surface area contributed by atoms with E-state index in [1.54, 1.807) is 35.0 Å². The molecule has 0 aliphatic rings. The lowest BCUT2D eigenvalue weighted by molar-refractivity contribution is -0.384. The predicted octanol–water partition coefficient (Wildman–Crippen LogP) is 2.65. The van der Waals surface area contributed by atoms with Crippen LogP contribution in [0.1, 0.15) is 5.69 Å². The first kappa shape index (κ1) is 11.0. The highest BCUT2D eigenvalue weighted by molar-refractivity contribution is 5.44. The number of nitro benzene ring substituents is 1. The normalized spacial score (nSPS) is 10.1. The minimum atomic E-state index is -0.454. The van der Waals surface area contributed by atoms with Crippen molar-refractivity contribution >= 4 is 5.69 Å². The third kappa shape index (κ3) is 2.20. The van der Waals surface area contributed by atoms with E-state index in [4.69, 9.17) is 0 Å². The molecule has 17 heavy (non-hydrogen) atoms. The highest BCUT2D eigenvalue weighted by atomic mass is 16.6. The van der Waals surface area contributed by atoms with Crippen LogP contribution in [0.3, 0.4) is 0 Å². The first-order valence-electron chi connectivity index (χ1n) is 4.92. The Morgan fingerprint density at radius 3 is 2.82 bits per heavy atom. The molecule has 6 nitrogen and oxygen atoms in total. The van der Waals surface area contributed by atoms with Gasteiger partial charge in [-0.15, -0.1) is 0 Å². The molecule has 2 rings (SSSR count). The monoisotopic (exact) mass is 231 g/mol. The van der Waals surface area contributed by atoms with Crippen molar-refractivity contribution in [3.63, 3.8) is 0 Å². The summed E-state index contributed by atoms with van der Waals surface area (Å²) in [6, 6.07) is 9.73. The zero-order valence-corrected chi connectivity index (χ0v) is 8.81. The Kier molecular flexibility index (Phi) is 2.95. The minimum absolute atomic E-state index is 0.0150. The van der Waals surface area contributed by atoms with Crippen LogP contribution >= 0.6 is 0 Å². The molecule has 1 aromatic heterocycles. The molecule has 0 N–H and O–H groups in total. The number of hydrogen-bond acceptors (Lipinski definition) is 4. The molecule has 0 aliphatic heterocycles. The van der Waals surface area contributed by atoms with Crippen molar-refractivity contribution in [1.29, 1.82) is 0 Å². The molecular weight excluding hydrogens is 222 g/mol. The quantitative estimate of drug-likeness (QED) is 0.461. The SMILES string of the molecule is O=NCc1cccn1-c1cccc([N+](=O)[O-])c1. The molecule has 0 bridgehead atoms. The summed E-state index contributed by atoms with van der Waals surface area (Å²) in [6.45, 7) is 0.0374. The first-order chi connectivity index (χ1) is 8.22. The van der Waals surface area contributed by atoms with Crippen LogP contribution in [0.4, 0.5) is 5.69 Å². The highest BCUT2D eigenvalue weighted by Crippen LogP contribution is 2.19. The number of nitroso groups, excluding NO2 is 1. The number of nitro groups is 1. The molecule has 0 atom stereocenters. The third-order valence-corrected chi connectivity index (χ3v) is 2.38. The fourth-order valence-corrected chi connectivity index (χ4v) is 1.62. The molecule has 0 saturated heterocycles. The lowest BCUT2D eigenvalue weighted by atomic mass is 10.2. The molecule has 0 radical (unpaired) electrons. The van der Waals surface area contributed by atoms with Crippen LogP contribution < -0.4 is 0 Å². The number of non-ortho nitro benzene ring substituents is 1. The molecule has 0 saturated carbocycles.